The Kier molecular flexibility index (Phi) is 15.9. The van der Waals surface area contributed by atoms with E-state index in [4.69, 9.17) is 18.9 Å². The predicted octanol–water partition coefficient (Wildman–Crippen LogP) is 5.60. The van der Waals surface area contributed by atoms with Crippen LogP contribution in [0.3, 0.4) is 0 Å². The number of ether oxygens (including phenoxy) is 4. The van der Waals surface area contributed by atoms with Crippen molar-refractivity contribution in [2.75, 3.05) is 19.8 Å². The van der Waals surface area contributed by atoms with E-state index in [1.54, 1.807) is 13.8 Å². The van der Waals surface area contributed by atoms with Gasteiger partial charge in [-0.1, -0.05) is 65.2 Å². The van der Waals surface area contributed by atoms with Gasteiger partial charge in [0, 0.05) is 12.3 Å². The number of pyridine rings is 1. The summed E-state index contributed by atoms with van der Waals surface area (Å²) in [6, 6.07) is 1.43. The molecule has 0 spiro atoms. The number of rotatable bonds is 18. The van der Waals surface area contributed by atoms with E-state index < -0.39 is 18.0 Å². The van der Waals surface area contributed by atoms with Gasteiger partial charge in [0.05, 0.1) is 24.9 Å². The number of unbranched alkanes of at least 4 members (excludes halogenated alkanes) is 8. The molecular weight excluding hydrogens is 452 g/mol. The summed E-state index contributed by atoms with van der Waals surface area (Å²) in [5.41, 5.74) is 0.200. The summed E-state index contributed by atoms with van der Waals surface area (Å²) in [5.74, 6) is -1.05. The van der Waals surface area contributed by atoms with Crippen LogP contribution in [0.1, 0.15) is 102 Å². The summed E-state index contributed by atoms with van der Waals surface area (Å²) in [7, 11) is 0. The van der Waals surface area contributed by atoms with Gasteiger partial charge in [-0.3, -0.25) is 4.79 Å². The second-order valence-corrected chi connectivity index (χ2v) is 8.62. The van der Waals surface area contributed by atoms with Gasteiger partial charge in [-0.25, -0.2) is 14.6 Å². The highest BCUT2D eigenvalue weighted by Gasteiger charge is 2.18. The molecule has 1 aromatic heterocycles. The molecule has 0 aliphatic rings. The minimum absolute atomic E-state index is 0.114. The fourth-order valence-corrected chi connectivity index (χ4v) is 3.12. The van der Waals surface area contributed by atoms with Crippen molar-refractivity contribution in [2.24, 2.45) is 0 Å². The Labute approximate surface area is 209 Å². The normalized spacial score (nSPS) is 10.7. The van der Waals surface area contributed by atoms with Gasteiger partial charge in [0.1, 0.15) is 6.54 Å². The summed E-state index contributed by atoms with van der Waals surface area (Å²) >= 11 is 0. The van der Waals surface area contributed by atoms with Crippen molar-refractivity contribution in [3.8, 4) is 11.6 Å². The van der Waals surface area contributed by atoms with Crippen molar-refractivity contribution in [1.29, 1.82) is 0 Å². The summed E-state index contributed by atoms with van der Waals surface area (Å²) in [5, 5.41) is 2.33. The van der Waals surface area contributed by atoms with Crippen LogP contribution in [-0.2, 0) is 14.3 Å². The van der Waals surface area contributed by atoms with Gasteiger partial charge in [0.25, 0.3) is 5.88 Å². The average molecular weight is 495 g/mol. The second kappa shape index (κ2) is 18.5. The fraction of sp³-hybridized carbons (Fsp3) is 0.692. The lowest BCUT2D eigenvalue weighted by Gasteiger charge is -2.14. The summed E-state index contributed by atoms with van der Waals surface area (Å²) in [6.07, 6.45) is 10.7. The summed E-state index contributed by atoms with van der Waals surface area (Å²) in [4.78, 5) is 40.3. The number of amides is 1. The Hall–Kier alpha value is -2.84. The van der Waals surface area contributed by atoms with Crippen LogP contribution in [0.5, 0.6) is 11.6 Å². The Bertz CT molecular complexity index is 768. The highest BCUT2D eigenvalue weighted by molar-refractivity contribution is 5.89. The smallest absolute Gasteiger partial charge is 0.414 e. The average Bonchev–Trinajstić information content (AvgIpc) is 2.82. The third-order valence-electron chi connectivity index (χ3n) is 4.98. The lowest BCUT2D eigenvalue weighted by molar-refractivity contribution is -0.142. The maximum absolute atomic E-state index is 12.4. The van der Waals surface area contributed by atoms with Crippen molar-refractivity contribution < 1.29 is 33.3 Å². The number of hydrogen-bond acceptors (Lipinski definition) is 8. The quantitative estimate of drug-likeness (QED) is 0.207. The fourth-order valence-electron chi connectivity index (χ4n) is 3.12. The lowest BCUT2D eigenvalue weighted by atomic mass is 10.1. The van der Waals surface area contributed by atoms with E-state index in [1.165, 1.54) is 31.5 Å². The summed E-state index contributed by atoms with van der Waals surface area (Å²) in [6.45, 7) is 8.19. The van der Waals surface area contributed by atoms with Gasteiger partial charge in [-0.05, 0) is 26.7 Å². The molecule has 1 heterocycles. The SMILES string of the molecule is CCCCCCCCOC(=O)c1cnc(OC(=O)NCC(=O)OCCCCCC)c(OC(C)C)c1. The minimum Gasteiger partial charge on any atom is -0.485 e. The molecule has 198 valence electrons. The molecule has 1 aromatic rings. The Morgan fingerprint density at radius 3 is 2.14 bits per heavy atom. The molecule has 1 rings (SSSR count). The molecule has 1 N–H and O–H groups in total. The maximum Gasteiger partial charge on any atom is 0.414 e. The highest BCUT2D eigenvalue weighted by Crippen LogP contribution is 2.27. The highest BCUT2D eigenvalue weighted by atomic mass is 16.6. The number of carbonyl (C=O) groups is 3. The molecule has 0 fully saturated rings. The molecule has 0 saturated heterocycles. The monoisotopic (exact) mass is 494 g/mol. The van der Waals surface area contributed by atoms with Crippen molar-refractivity contribution in [1.82, 2.24) is 10.3 Å². The number of hydrogen-bond donors (Lipinski definition) is 1. The van der Waals surface area contributed by atoms with Gasteiger partial charge in [-0.15, -0.1) is 0 Å². The van der Waals surface area contributed by atoms with Crippen molar-refractivity contribution in [2.45, 2.75) is 98.0 Å². The van der Waals surface area contributed by atoms with Crippen molar-refractivity contribution in [3.05, 3.63) is 17.8 Å². The van der Waals surface area contributed by atoms with Gasteiger partial charge in [-0.2, -0.15) is 0 Å². The molecule has 0 aromatic carbocycles. The zero-order chi connectivity index (χ0) is 25.9. The largest absolute Gasteiger partial charge is 0.485 e. The van der Waals surface area contributed by atoms with E-state index >= 15 is 0 Å². The first kappa shape index (κ1) is 30.2. The molecule has 1 amide bonds. The van der Waals surface area contributed by atoms with E-state index in [1.807, 2.05) is 0 Å². The van der Waals surface area contributed by atoms with E-state index in [0.29, 0.717) is 13.2 Å². The third-order valence-corrected chi connectivity index (χ3v) is 4.98. The van der Waals surface area contributed by atoms with E-state index in [9.17, 15) is 14.4 Å². The van der Waals surface area contributed by atoms with Gasteiger partial charge < -0.3 is 24.3 Å². The minimum atomic E-state index is -0.882. The first-order valence-electron chi connectivity index (χ1n) is 12.8. The maximum atomic E-state index is 12.4. The van der Waals surface area contributed by atoms with Gasteiger partial charge >= 0.3 is 18.0 Å². The van der Waals surface area contributed by atoms with Gasteiger partial charge in [0.15, 0.2) is 5.75 Å². The van der Waals surface area contributed by atoms with Crippen LogP contribution < -0.4 is 14.8 Å². The first-order chi connectivity index (χ1) is 16.9. The molecule has 0 aliphatic carbocycles. The lowest BCUT2D eigenvalue weighted by Crippen LogP contribution is -2.33. The molecule has 35 heavy (non-hydrogen) atoms. The zero-order valence-corrected chi connectivity index (χ0v) is 21.7. The standard InChI is InChI=1S/C26H42N2O7/c1-5-7-9-11-12-14-16-33-25(30)21-17-22(34-20(3)4)24(27-18-21)35-26(31)28-19-23(29)32-15-13-10-8-6-2/h17-18,20H,5-16,19H2,1-4H3,(H,28,31). The Morgan fingerprint density at radius 1 is 0.886 bits per heavy atom. The van der Waals surface area contributed by atoms with E-state index in [0.717, 1.165) is 44.9 Å². The van der Waals surface area contributed by atoms with Crippen LogP contribution >= 0.6 is 0 Å². The number of aromatic nitrogens is 1. The first-order valence-corrected chi connectivity index (χ1v) is 12.8. The predicted molar refractivity (Wildman–Crippen MR) is 133 cm³/mol. The van der Waals surface area contributed by atoms with Crippen molar-refractivity contribution in [3.63, 3.8) is 0 Å². The third kappa shape index (κ3) is 14.2. The number of nitrogens with one attached hydrogen (secondary N) is 1. The summed E-state index contributed by atoms with van der Waals surface area (Å²) < 4.78 is 21.2. The molecule has 9 heteroatoms. The molecule has 0 unspecified atom stereocenters. The molecule has 9 nitrogen and oxygen atoms in total. The van der Waals surface area contributed by atoms with Crippen LogP contribution in [0.2, 0.25) is 0 Å². The number of nitrogens with zero attached hydrogens (tertiary/aromatic N) is 1. The molecule has 0 radical (unpaired) electrons. The van der Waals surface area contributed by atoms with Gasteiger partial charge in [0.2, 0.25) is 0 Å². The molecule has 0 aliphatic heterocycles. The van der Waals surface area contributed by atoms with Crippen LogP contribution in [0.15, 0.2) is 12.3 Å². The second-order valence-electron chi connectivity index (χ2n) is 8.62. The number of esters is 2. The van der Waals surface area contributed by atoms with Crippen LogP contribution in [-0.4, -0.2) is 48.9 Å². The Balaban J connectivity index is 2.55. The van der Waals surface area contributed by atoms with Crippen molar-refractivity contribution >= 4 is 18.0 Å². The topological polar surface area (TPSA) is 113 Å². The van der Waals surface area contributed by atoms with Crippen LogP contribution in [0, 0.1) is 0 Å². The molecule has 0 bridgehead atoms. The molecule has 0 saturated carbocycles. The zero-order valence-electron chi connectivity index (χ0n) is 21.7. The Morgan fingerprint density at radius 2 is 1.49 bits per heavy atom. The molecular formula is C26H42N2O7. The molecule has 0 atom stereocenters. The van der Waals surface area contributed by atoms with E-state index in [-0.39, 0.29) is 29.8 Å². The van der Waals surface area contributed by atoms with E-state index in [2.05, 4.69) is 24.1 Å². The van der Waals surface area contributed by atoms with Crippen LogP contribution in [0.25, 0.3) is 0 Å². The van der Waals surface area contributed by atoms with Crippen LogP contribution in [0.4, 0.5) is 4.79 Å². The number of carbonyl (C=O) groups excluding carboxylic acids is 3.